The molecule has 2 aliphatic heterocycles. The van der Waals surface area contributed by atoms with Gasteiger partial charge < -0.3 is 14.4 Å². The van der Waals surface area contributed by atoms with Crippen molar-refractivity contribution in [3.63, 3.8) is 0 Å². The van der Waals surface area contributed by atoms with E-state index in [1.54, 1.807) is 17.6 Å². The molecule has 4 heterocycles. The Morgan fingerprint density at radius 3 is 2.44 bits per heavy atom. The summed E-state index contributed by atoms with van der Waals surface area (Å²) in [6.45, 7) is 3.93. The maximum absolute atomic E-state index is 15.2. The van der Waals surface area contributed by atoms with E-state index >= 15 is 4.39 Å². The minimum Gasteiger partial charge on any atom is -0.460 e. The van der Waals surface area contributed by atoms with Gasteiger partial charge in [0.15, 0.2) is 0 Å². The van der Waals surface area contributed by atoms with Crippen molar-refractivity contribution in [2.45, 2.75) is 103 Å². The Balaban J connectivity index is 1.56. The Labute approximate surface area is 227 Å². The van der Waals surface area contributed by atoms with E-state index < -0.39 is 23.2 Å². The Morgan fingerprint density at radius 1 is 1.00 bits per heavy atom. The number of pyridine rings is 2. The number of fused-ring (bicyclic) bond motifs is 5. The van der Waals surface area contributed by atoms with Gasteiger partial charge >= 0.3 is 5.97 Å². The molecule has 0 unspecified atom stereocenters. The number of aromatic nitrogens is 2. The van der Waals surface area contributed by atoms with E-state index in [0.29, 0.717) is 28.8 Å². The number of cyclic esters (lactones) is 1. The summed E-state index contributed by atoms with van der Waals surface area (Å²) in [6.07, 6.45) is 9.63. The zero-order valence-corrected chi connectivity index (χ0v) is 22.7. The third-order valence-corrected chi connectivity index (χ3v) is 8.36. The molecule has 0 amide bonds. The third-order valence-electron chi connectivity index (χ3n) is 8.36. The molecule has 1 atom stereocenters. The molecule has 208 valence electrons. The second kappa shape index (κ2) is 11.2. The van der Waals surface area contributed by atoms with Crippen molar-refractivity contribution in [3.05, 3.63) is 62.4 Å². The SMILES string of the molecule is CCCCCCCCCCc1c2c(nc3cc(F)cc(F)c13)-c1cc3c(c(=O)n1C2)COC(=O)C[C@]3(O)CC. The molecule has 0 aliphatic carbocycles. The summed E-state index contributed by atoms with van der Waals surface area (Å²) < 4.78 is 36.2. The normalized spacial score (nSPS) is 18.0. The Kier molecular flexibility index (Phi) is 7.85. The molecule has 2 aliphatic rings. The van der Waals surface area contributed by atoms with Gasteiger partial charge in [-0.1, -0.05) is 58.8 Å². The fourth-order valence-electron chi connectivity index (χ4n) is 6.13. The van der Waals surface area contributed by atoms with Crippen molar-refractivity contribution in [2.75, 3.05) is 0 Å². The van der Waals surface area contributed by atoms with Gasteiger partial charge in [0.25, 0.3) is 5.56 Å². The molecule has 39 heavy (non-hydrogen) atoms. The minimum atomic E-state index is -1.55. The zero-order chi connectivity index (χ0) is 27.7. The lowest BCUT2D eigenvalue weighted by atomic mass is 9.85. The average Bonchev–Trinajstić information content (AvgIpc) is 3.21. The molecular formula is C31H36F2N2O4. The van der Waals surface area contributed by atoms with E-state index in [1.807, 2.05) is 0 Å². The van der Waals surface area contributed by atoms with Gasteiger partial charge in [-0.3, -0.25) is 9.59 Å². The van der Waals surface area contributed by atoms with Crippen LogP contribution in [0.1, 0.15) is 100 Å². The quantitative estimate of drug-likeness (QED) is 0.186. The van der Waals surface area contributed by atoms with Gasteiger partial charge in [0.1, 0.15) is 23.8 Å². The fraction of sp³-hybridized carbons (Fsp3) is 0.516. The predicted octanol–water partition coefficient (Wildman–Crippen LogP) is 6.43. The Bertz CT molecular complexity index is 1480. The van der Waals surface area contributed by atoms with Gasteiger partial charge in [-0.2, -0.15) is 0 Å². The first-order chi connectivity index (χ1) is 18.8. The second-order valence-corrected chi connectivity index (χ2v) is 11.0. The minimum absolute atomic E-state index is 0.196. The first kappa shape index (κ1) is 27.4. The highest BCUT2D eigenvalue weighted by atomic mass is 19.1. The third kappa shape index (κ3) is 5.11. The van der Waals surface area contributed by atoms with E-state index in [9.17, 15) is 19.1 Å². The van der Waals surface area contributed by atoms with Crippen LogP contribution in [0.2, 0.25) is 0 Å². The first-order valence-electron chi connectivity index (χ1n) is 14.2. The number of halogens is 2. The van der Waals surface area contributed by atoms with Gasteiger partial charge in [-0.25, -0.2) is 13.8 Å². The standard InChI is InChI=1S/C31H36F2N2O4/c1-3-5-6-7-8-9-10-11-12-20-21-17-35-26(29(21)34-25-14-19(32)13-24(33)28(20)25)15-23-22(30(35)37)18-39-27(36)16-31(23,38)4-2/h13-15,38H,3-12,16-18H2,1-2H3/t31-/m1/s1. The largest absolute Gasteiger partial charge is 0.460 e. The summed E-state index contributed by atoms with van der Waals surface area (Å²) in [4.78, 5) is 30.5. The second-order valence-electron chi connectivity index (χ2n) is 11.0. The molecule has 6 nitrogen and oxygen atoms in total. The van der Waals surface area contributed by atoms with Crippen molar-refractivity contribution in [3.8, 4) is 11.4 Å². The van der Waals surface area contributed by atoms with Gasteiger partial charge in [0, 0.05) is 23.1 Å². The lowest BCUT2D eigenvalue weighted by Gasteiger charge is -2.26. The van der Waals surface area contributed by atoms with Crippen LogP contribution in [0.4, 0.5) is 8.78 Å². The molecule has 8 heteroatoms. The summed E-state index contributed by atoms with van der Waals surface area (Å²) in [7, 11) is 0. The number of aliphatic hydroxyl groups is 1. The monoisotopic (exact) mass is 538 g/mol. The molecule has 0 fully saturated rings. The lowest BCUT2D eigenvalue weighted by molar-refractivity contribution is -0.149. The van der Waals surface area contributed by atoms with E-state index in [0.717, 1.165) is 36.5 Å². The Hall–Kier alpha value is -3.13. The molecule has 3 aromatic rings. The van der Waals surface area contributed by atoms with E-state index in [2.05, 4.69) is 11.9 Å². The number of benzene rings is 1. The fourth-order valence-corrected chi connectivity index (χ4v) is 6.13. The van der Waals surface area contributed by atoms with E-state index in [4.69, 9.17) is 4.74 Å². The molecule has 0 radical (unpaired) electrons. The van der Waals surface area contributed by atoms with Crippen LogP contribution in [-0.2, 0) is 34.7 Å². The van der Waals surface area contributed by atoms with E-state index in [-0.39, 0.29) is 42.6 Å². The lowest BCUT2D eigenvalue weighted by Crippen LogP contribution is -2.32. The van der Waals surface area contributed by atoms with Crippen LogP contribution in [0.15, 0.2) is 23.0 Å². The van der Waals surface area contributed by atoms with Crippen molar-refractivity contribution < 1.29 is 23.4 Å². The van der Waals surface area contributed by atoms with Crippen LogP contribution >= 0.6 is 0 Å². The smallest absolute Gasteiger partial charge is 0.309 e. The van der Waals surface area contributed by atoms with Crippen LogP contribution in [0.25, 0.3) is 22.3 Å². The van der Waals surface area contributed by atoms with Gasteiger partial charge in [-0.05, 0) is 36.5 Å². The summed E-state index contributed by atoms with van der Waals surface area (Å²) in [5.41, 5.74) is 1.40. The molecule has 5 rings (SSSR count). The number of hydrogen-bond acceptors (Lipinski definition) is 5. The van der Waals surface area contributed by atoms with Crippen molar-refractivity contribution in [2.24, 2.45) is 0 Å². The predicted molar refractivity (Wildman–Crippen MR) is 145 cm³/mol. The van der Waals surface area contributed by atoms with Crippen LogP contribution in [0.5, 0.6) is 0 Å². The number of esters is 1. The first-order valence-corrected chi connectivity index (χ1v) is 14.2. The summed E-state index contributed by atoms with van der Waals surface area (Å²) in [5, 5.41) is 11.7. The molecule has 1 aromatic carbocycles. The van der Waals surface area contributed by atoms with Gasteiger partial charge in [0.2, 0.25) is 0 Å². The maximum atomic E-state index is 15.2. The highest BCUT2D eigenvalue weighted by Crippen LogP contribution is 2.41. The van der Waals surface area contributed by atoms with Crippen LogP contribution < -0.4 is 5.56 Å². The van der Waals surface area contributed by atoms with Gasteiger partial charge in [0.05, 0.1) is 35.4 Å². The van der Waals surface area contributed by atoms with Crippen molar-refractivity contribution >= 4 is 16.9 Å². The van der Waals surface area contributed by atoms with Crippen LogP contribution in [-0.4, -0.2) is 20.6 Å². The summed E-state index contributed by atoms with van der Waals surface area (Å²) in [5.74, 6) is -1.93. The number of ether oxygens (including phenoxy) is 1. The number of rotatable bonds is 10. The molecule has 0 spiro atoms. The zero-order valence-electron chi connectivity index (χ0n) is 22.7. The molecular weight excluding hydrogens is 502 g/mol. The van der Waals surface area contributed by atoms with E-state index in [1.165, 1.54) is 38.2 Å². The number of carbonyl (C=O) groups is 1. The number of carbonyl (C=O) groups excluding carboxylic acids is 1. The van der Waals surface area contributed by atoms with Crippen LogP contribution in [0.3, 0.4) is 0 Å². The average molecular weight is 539 g/mol. The molecule has 0 saturated carbocycles. The number of nitrogens with zero attached hydrogens (tertiary/aromatic N) is 2. The Morgan fingerprint density at radius 2 is 1.72 bits per heavy atom. The maximum Gasteiger partial charge on any atom is 0.309 e. The molecule has 1 N–H and O–H groups in total. The topological polar surface area (TPSA) is 81.4 Å². The molecule has 2 aromatic heterocycles. The van der Waals surface area contributed by atoms with Gasteiger partial charge in [-0.15, -0.1) is 0 Å². The molecule has 0 saturated heterocycles. The van der Waals surface area contributed by atoms with Crippen molar-refractivity contribution in [1.82, 2.24) is 9.55 Å². The highest BCUT2D eigenvalue weighted by molar-refractivity contribution is 5.88. The number of hydrogen-bond donors (Lipinski definition) is 1. The van der Waals surface area contributed by atoms with Crippen molar-refractivity contribution in [1.29, 1.82) is 0 Å². The number of unbranched alkanes of at least 4 members (excludes halogenated alkanes) is 7. The highest BCUT2D eigenvalue weighted by Gasteiger charge is 2.39. The number of aryl methyl sites for hydroxylation is 1. The summed E-state index contributed by atoms with van der Waals surface area (Å²) in [6, 6.07) is 3.83. The van der Waals surface area contributed by atoms with Crippen LogP contribution in [0, 0.1) is 11.6 Å². The summed E-state index contributed by atoms with van der Waals surface area (Å²) >= 11 is 0. The molecule has 0 bridgehead atoms.